The Bertz CT molecular complexity index is 879. The lowest BCUT2D eigenvalue weighted by Crippen LogP contribution is -2.33. The minimum Gasteiger partial charge on any atom is -0.462 e. The Morgan fingerprint density at radius 1 is 1.21 bits per heavy atom. The Kier molecular flexibility index (Phi) is 9.17. The summed E-state index contributed by atoms with van der Waals surface area (Å²) in [5, 5.41) is 7.23. The number of piperidine rings is 1. The molecule has 29 heavy (non-hydrogen) atoms. The molecular weight excluding hydrogens is 429 g/mol. The molecule has 1 saturated heterocycles. The lowest BCUT2D eigenvalue weighted by atomic mass is 9.96. The summed E-state index contributed by atoms with van der Waals surface area (Å²) in [6.07, 6.45) is 5.08. The van der Waals surface area contributed by atoms with E-state index in [1.54, 1.807) is 6.26 Å². The summed E-state index contributed by atoms with van der Waals surface area (Å²) < 4.78 is 5.47. The number of hydrogen-bond acceptors (Lipinski definition) is 5. The zero-order chi connectivity index (χ0) is 18.5. The van der Waals surface area contributed by atoms with Crippen LogP contribution < -0.4 is 10.6 Å². The maximum absolute atomic E-state index is 12.9. The Labute approximate surface area is 187 Å². The summed E-state index contributed by atoms with van der Waals surface area (Å²) in [5.41, 5.74) is 1.65. The molecule has 1 aromatic carbocycles. The third kappa shape index (κ3) is 5.82. The molecular formula is C21H25Cl2N3O2S. The van der Waals surface area contributed by atoms with E-state index in [9.17, 15) is 4.79 Å². The van der Waals surface area contributed by atoms with Crippen molar-refractivity contribution in [2.24, 2.45) is 5.92 Å². The Balaban J connectivity index is 0.00000150. The number of furan rings is 1. The smallest absolute Gasteiger partial charge is 0.263 e. The number of carbonyl (C=O) groups excluding carboxylic acids is 1. The second-order valence-electron chi connectivity index (χ2n) is 6.80. The van der Waals surface area contributed by atoms with Crippen molar-refractivity contribution in [1.82, 2.24) is 15.6 Å². The van der Waals surface area contributed by atoms with Gasteiger partial charge in [-0.15, -0.1) is 36.2 Å². The van der Waals surface area contributed by atoms with Crippen molar-refractivity contribution < 1.29 is 9.21 Å². The van der Waals surface area contributed by atoms with Gasteiger partial charge in [0, 0.05) is 12.1 Å². The van der Waals surface area contributed by atoms with E-state index in [1.165, 1.54) is 24.2 Å². The molecule has 1 aliphatic heterocycles. The molecule has 156 valence electrons. The van der Waals surface area contributed by atoms with E-state index >= 15 is 0 Å². The summed E-state index contributed by atoms with van der Waals surface area (Å²) in [7, 11) is 0. The summed E-state index contributed by atoms with van der Waals surface area (Å²) in [5.74, 6) is 1.27. The van der Waals surface area contributed by atoms with Gasteiger partial charge in [0.1, 0.15) is 4.88 Å². The Morgan fingerprint density at radius 3 is 2.72 bits per heavy atom. The number of nitrogens with zero attached hydrogens (tertiary/aromatic N) is 1. The predicted octanol–water partition coefficient (Wildman–Crippen LogP) is 5.03. The van der Waals surface area contributed by atoms with Crippen molar-refractivity contribution >= 4 is 42.1 Å². The summed E-state index contributed by atoms with van der Waals surface area (Å²) in [6, 6.07) is 13.5. The monoisotopic (exact) mass is 453 g/mol. The minimum atomic E-state index is -0.0621. The average Bonchev–Trinajstić information content (AvgIpc) is 3.39. The molecule has 1 fully saturated rings. The van der Waals surface area contributed by atoms with Gasteiger partial charge in [-0.2, -0.15) is 0 Å². The first-order valence-electron chi connectivity index (χ1n) is 9.40. The summed E-state index contributed by atoms with van der Waals surface area (Å²) in [6.45, 7) is 2.85. The molecule has 2 N–H and O–H groups in total. The largest absolute Gasteiger partial charge is 0.462 e. The van der Waals surface area contributed by atoms with Crippen molar-refractivity contribution in [2.75, 3.05) is 19.6 Å². The van der Waals surface area contributed by atoms with E-state index in [0.29, 0.717) is 28.8 Å². The normalized spacial score (nSPS) is 15.8. The number of carbonyl (C=O) groups is 1. The third-order valence-electron chi connectivity index (χ3n) is 4.85. The second kappa shape index (κ2) is 11.4. The van der Waals surface area contributed by atoms with Gasteiger partial charge in [-0.25, -0.2) is 4.98 Å². The minimum absolute atomic E-state index is 0. The van der Waals surface area contributed by atoms with Crippen LogP contribution in [0.1, 0.15) is 28.9 Å². The molecule has 4 rings (SSSR count). The topological polar surface area (TPSA) is 67.2 Å². The van der Waals surface area contributed by atoms with Crippen molar-refractivity contribution in [2.45, 2.75) is 19.3 Å². The van der Waals surface area contributed by atoms with Crippen LogP contribution in [0.3, 0.4) is 0 Å². The highest BCUT2D eigenvalue weighted by atomic mass is 35.5. The first-order valence-corrected chi connectivity index (χ1v) is 10.2. The van der Waals surface area contributed by atoms with E-state index < -0.39 is 0 Å². The van der Waals surface area contributed by atoms with Gasteiger partial charge >= 0.3 is 0 Å². The number of thiazole rings is 1. The maximum atomic E-state index is 12.9. The summed E-state index contributed by atoms with van der Waals surface area (Å²) >= 11 is 1.38. The molecule has 0 bridgehead atoms. The molecule has 3 heterocycles. The lowest BCUT2D eigenvalue weighted by Gasteiger charge is -2.22. The number of benzene rings is 1. The van der Waals surface area contributed by atoms with Crippen molar-refractivity contribution in [3.05, 3.63) is 53.6 Å². The Morgan fingerprint density at radius 2 is 2.03 bits per heavy atom. The zero-order valence-corrected chi connectivity index (χ0v) is 18.4. The molecule has 0 aliphatic carbocycles. The first kappa shape index (κ1) is 23.4. The van der Waals surface area contributed by atoms with Gasteiger partial charge in [-0.3, -0.25) is 4.79 Å². The van der Waals surface area contributed by atoms with Gasteiger partial charge in [-0.05, 0) is 50.4 Å². The molecule has 3 aromatic rings. The fourth-order valence-electron chi connectivity index (χ4n) is 3.41. The average molecular weight is 454 g/mol. The van der Waals surface area contributed by atoms with E-state index in [2.05, 4.69) is 10.6 Å². The highest BCUT2D eigenvalue weighted by molar-refractivity contribution is 7.17. The SMILES string of the molecule is Cl.Cl.O=C(NCCC1CCCNC1)c1sc(-c2ccco2)nc1-c1ccccc1. The van der Waals surface area contributed by atoms with Gasteiger partial charge in [0.2, 0.25) is 0 Å². The van der Waals surface area contributed by atoms with E-state index in [0.717, 1.165) is 30.1 Å². The van der Waals surface area contributed by atoms with Crippen LogP contribution in [-0.4, -0.2) is 30.5 Å². The molecule has 1 atom stereocenters. The molecule has 0 spiro atoms. The van der Waals surface area contributed by atoms with Crippen LogP contribution in [0.4, 0.5) is 0 Å². The standard InChI is InChI=1S/C21H23N3O2S.2ClH/c25-20(23-12-10-15-6-4-11-22-14-15)19-18(16-7-2-1-3-8-16)24-21(27-19)17-9-5-13-26-17;;/h1-3,5,7-9,13,15,22H,4,6,10-12,14H2,(H,23,25);2*1H. The van der Waals surface area contributed by atoms with E-state index in [4.69, 9.17) is 9.40 Å². The number of amides is 1. The van der Waals surface area contributed by atoms with Gasteiger partial charge in [-0.1, -0.05) is 30.3 Å². The van der Waals surface area contributed by atoms with Crippen LogP contribution in [0.15, 0.2) is 53.1 Å². The maximum Gasteiger partial charge on any atom is 0.263 e. The summed E-state index contributed by atoms with van der Waals surface area (Å²) in [4.78, 5) is 18.2. The Hall–Kier alpha value is -1.86. The number of hydrogen-bond donors (Lipinski definition) is 2. The second-order valence-corrected chi connectivity index (χ2v) is 7.80. The number of aromatic nitrogens is 1. The van der Waals surface area contributed by atoms with Gasteiger partial charge in [0.15, 0.2) is 10.8 Å². The van der Waals surface area contributed by atoms with Crippen molar-refractivity contribution in [3.8, 4) is 22.0 Å². The highest BCUT2D eigenvalue weighted by Gasteiger charge is 2.21. The molecule has 8 heteroatoms. The number of rotatable bonds is 6. The molecule has 0 saturated carbocycles. The van der Waals surface area contributed by atoms with E-state index in [1.807, 2.05) is 42.5 Å². The zero-order valence-electron chi connectivity index (χ0n) is 15.9. The fourth-order valence-corrected chi connectivity index (χ4v) is 4.38. The molecule has 2 aromatic heterocycles. The lowest BCUT2D eigenvalue weighted by molar-refractivity contribution is 0.0955. The van der Waals surface area contributed by atoms with Gasteiger partial charge in [0.05, 0.1) is 12.0 Å². The van der Waals surface area contributed by atoms with Gasteiger partial charge in [0.25, 0.3) is 5.91 Å². The van der Waals surface area contributed by atoms with Crippen molar-refractivity contribution in [1.29, 1.82) is 0 Å². The van der Waals surface area contributed by atoms with Crippen LogP contribution in [0.2, 0.25) is 0 Å². The number of nitrogens with one attached hydrogen (secondary N) is 2. The first-order chi connectivity index (χ1) is 13.3. The highest BCUT2D eigenvalue weighted by Crippen LogP contribution is 2.34. The molecule has 5 nitrogen and oxygen atoms in total. The fraction of sp³-hybridized carbons (Fsp3) is 0.333. The van der Waals surface area contributed by atoms with E-state index in [-0.39, 0.29) is 30.7 Å². The van der Waals surface area contributed by atoms with Gasteiger partial charge < -0.3 is 15.1 Å². The molecule has 1 aliphatic rings. The van der Waals surface area contributed by atoms with Crippen molar-refractivity contribution in [3.63, 3.8) is 0 Å². The van der Waals surface area contributed by atoms with Crippen LogP contribution >= 0.6 is 36.2 Å². The molecule has 1 unspecified atom stereocenters. The molecule has 0 radical (unpaired) electrons. The third-order valence-corrected chi connectivity index (χ3v) is 5.92. The predicted molar refractivity (Wildman–Crippen MR) is 122 cm³/mol. The van der Waals surface area contributed by atoms with Crippen LogP contribution in [-0.2, 0) is 0 Å². The van der Waals surface area contributed by atoms with Crippen LogP contribution in [0.5, 0.6) is 0 Å². The molecule has 1 amide bonds. The van der Waals surface area contributed by atoms with Crippen LogP contribution in [0, 0.1) is 5.92 Å². The quantitative estimate of drug-likeness (QED) is 0.548. The number of halogens is 2. The van der Waals surface area contributed by atoms with Crippen LogP contribution in [0.25, 0.3) is 22.0 Å².